The van der Waals surface area contributed by atoms with Gasteiger partial charge in [0.15, 0.2) is 0 Å². The second kappa shape index (κ2) is 6.83. The number of nitrogens with zero attached hydrogens (tertiary/aromatic N) is 1. The highest BCUT2D eigenvalue weighted by Gasteiger charge is 2.35. The number of phenolic OH excluding ortho intramolecular Hbond substituents is 1. The summed E-state index contributed by atoms with van der Waals surface area (Å²) in [7, 11) is -3.99. The zero-order valence-corrected chi connectivity index (χ0v) is 15.7. The van der Waals surface area contributed by atoms with Gasteiger partial charge in [0.2, 0.25) is 5.91 Å². The number of anilines is 1. The van der Waals surface area contributed by atoms with Crippen LogP contribution in [0.4, 0.5) is 5.69 Å². The first-order valence-electron chi connectivity index (χ1n) is 8.86. The van der Waals surface area contributed by atoms with Gasteiger partial charge in [0.05, 0.1) is 11.7 Å². The second-order valence-electron chi connectivity index (χ2n) is 6.88. The average molecular weight is 401 g/mol. The highest BCUT2D eigenvalue weighted by Crippen LogP contribution is 2.33. The predicted octanol–water partition coefficient (Wildman–Crippen LogP) is 0.919. The van der Waals surface area contributed by atoms with Crippen LogP contribution in [-0.2, 0) is 32.6 Å². The molecule has 0 bridgehead atoms. The molecular formula is C19H19N3O5S. The van der Waals surface area contributed by atoms with E-state index in [1.165, 1.54) is 12.1 Å². The van der Waals surface area contributed by atoms with E-state index >= 15 is 0 Å². The SMILES string of the molecule is O=C1CCc2ccccc2C(Cc2ccc(N3CC(=O)NS3(=O)=O)c(O)c2)N1. The van der Waals surface area contributed by atoms with Gasteiger partial charge >= 0.3 is 10.2 Å². The number of hydrogen-bond acceptors (Lipinski definition) is 5. The highest BCUT2D eigenvalue weighted by atomic mass is 32.2. The van der Waals surface area contributed by atoms with Gasteiger partial charge in [-0.3, -0.25) is 9.59 Å². The van der Waals surface area contributed by atoms with Crippen molar-refractivity contribution in [2.24, 2.45) is 0 Å². The summed E-state index contributed by atoms with van der Waals surface area (Å²) in [5.74, 6) is -0.929. The Morgan fingerprint density at radius 3 is 2.57 bits per heavy atom. The molecule has 1 unspecified atom stereocenters. The van der Waals surface area contributed by atoms with Crippen molar-refractivity contribution >= 4 is 27.7 Å². The summed E-state index contributed by atoms with van der Waals surface area (Å²) in [5.41, 5.74) is 2.92. The van der Waals surface area contributed by atoms with Crippen molar-refractivity contribution in [3.63, 3.8) is 0 Å². The number of hydrogen-bond donors (Lipinski definition) is 3. The molecule has 2 aromatic rings. The van der Waals surface area contributed by atoms with Crippen LogP contribution in [0, 0.1) is 0 Å². The Morgan fingerprint density at radius 2 is 1.86 bits per heavy atom. The molecule has 8 nitrogen and oxygen atoms in total. The number of nitrogens with one attached hydrogen (secondary N) is 2. The molecule has 2 aromatic carbocycles. The fourth-order valence-electron chi connectivity index (χ4n) is 3.66. The summed E-state index contributed by atoms with van der Waals surface area (Å²) in [4.78, 5) is 23.5. The highest BCUT2D eigenvalue weighted by molar-refractivity contribution is 7.92. The molecule has 0 aliphatic carbocycles. The third-order valence-corrected chi connectivity index (χ3v) is 6.35. The molecule has 2 amide bonds. The van der Waals surface area contributed by atoms with Crippen molar-refractivity contribution < 1.29 is 23.1 Å². The molecule has 2 aliphatic rings. The van der Waals surface area contributed by atoms with E-state index in [4.69, 9.17) is 0 Å². The van der Waals surface area contributed by atoms with E-state index in [9.17, 15) is 23.1 Å². The zero-order valence-electron chi connectivity index (χ0n) is 14.9. The number of aromatic hydroxyl groups is 1. The minimum atomic E-state index is -3.99. The number of carbonyl (C=O) groups excluding carboxylic acids is 2. The normalized spacial score (nSPS) is 20.9. The Balaban J connectivity index is 1.62. The van der Waals surface area contributed by atoms with E-state index in [-0.39, 0.29) is 29.9 Å². The van der Waals surface area contributed by atoms with Crippen molar-refractivity contribution in [1.29, 1.82) is 0 Å². The molecule has 28 heavy (non-hydrogen) atoms. The lowest BCUT2D eigenvalue weighted by molar-refractivity contribution is -0.121. The minimum absolute atomic E-state index is 0.0326. The Morgan fingerprint density at radius 1 is 1.07 bits per heavy atom. The fraction of sp³-hybridized carbons (Fsp3) is 0.263. The number of rotatable bonds is 3. The molecule has 0 aromatic heterocycles. The van der Waals surface area contributed by atoms with Crippen LogP contribution in [0.2, 0.25) is 0 Å². The number of amides is 2. The maximum atomic E-state index is 12.1. The van der Waals surface area contributed by atoms with Gasteiger partial charge in [-0.1, -0.05) is 30.3 Å². The molecule has 0 radical (unpaired) electrons. The van der Waals surface area contributed by atoms with Gasteiger partial charge in [0.25, 0.3) is 5.91 Å². The quantitative estimate of drug-likeness (QED) is 0.707. The van der Waals surface area contributed by atoms with Gasteiger partial charge in [-0.05, 0) is 41.7 Å². The summed E-state index contributed by atoms with van der Waals surface area (Å²) < 4.78 is 26.7. The van der Waals surface area contributed by atoms with Gasteiger partial charge in [0.1, 0.15) is 12.3 Å². The van der Waals surface area contributed by atoms with Crippen molar-refractivity contribution in [3.8, 4) is 5.75 Å². The minimum Gasteiger partial charge on any atom is -0.506 e. The number of phenols is 1. The van der Waals surface area contributed by atoms with Gasteiger partial charge in [-0.25, -0.2) is 9.03 Å². The van der Waals surface area contributed by atoms with E-state index in [1.54, 1.807) is 6.07 Å². The van der Waals surface area contributed by atoms with Crippen LogP contribution in [0.3, 0.4) is 0 Å². The Bertz CT molecular complexity index is 1070. The predicted molar refractivity (Wildman–Crippen MR) is 102 cm³/mol. The van der Waals surface area contributed by atoms with Crippen LogP contribution in [0.5, 0.6) is 5.75 Å². The van der Waals surface area contributed by atoms with Gasteiger partial charge in [0, 0.05) is 6.42 Å². The van der Waals surface area contributed by atoms with Crippen LogP contribution in [-0.4, -0.2) is 31.9 Å². The summed E-state index contributed by atoms with van der Waals surface area (Å²) in [6.07, 6.45) is 1.54. The number of carbonyl (C=O) groups is 2. The first-order chi connectivity index (χ1) is 13.3. The Hall–Kier alpha value is -3.07. The third kappa shape index (κ3) is 3.40. The van der Waals surface area contributed by atoms with Crippen molar-refractivity contribution in [3.05, 3.63) is 59.2 Å². The molecular weight excluding hydrogens is 382 g/mol. The number of benzene rings is 2. The van der Waals surface area contributed by atoms with Gasteiger partial charge < -0.3 is 10.4 Å². The molecule has 1 fully saturated rings. The van der Waals surface area contributed by atoms with E-state index < -0.39 is 16.1 Å². The van der Waals surface area contributed by atoms with E-state index in [1.807, 2.05) is 29.0 Å². The maximum Gasteiger partial charge on any atom is 0.326 e. The third-order valence-electron chi connectivity index (χ3n) is 4.96. The average Bonchev–Trinajstić information content (AvgIpc) is 2.81. The molecule has 1 atom stereocenters. The molecule has 3 N–H and O–H groups in total. The van der Waals surface area contributed by atoms with Crippen molar-refractivity contribution in [2.75, 3.05) is 10.8 Å². The zero-order chi connectivity index (χ0) is 19.9. The summed E-state index contributed by atoms with van der Waals surface area (Å²) in [5, 5.41) is 13.4. The maximum absolute atomic E-state index is 12.1. The molecule has 0 spiro atoms. The van der Waals surface area contributed by atoms with Crippen molar-refractivity contribution in [2.45, 2.75) is 25.3 Å². The molecule has 1 saturated heterocycles. The summed E-state index contributed by atoms with van der Waals surface area (Å²) in [6.45, 7) is -0.374. The number of fused-ring (bicyclic) bond motifs is 1. The summed E-state index contributed by atoms with van der Waals surface area (Å²) >= 11 is 0. The largest absolute Gasteiger partial charge is 0.506 e. The van der Waals surface area contributed by atoms with Crippen LogP contribution >= 0.6 is 0 Å². The summed E-state index contributed by atoms with van der Waals surface area (Å²) in [6, 6.07) is 12.2. The lowest BCUT2D eigenvalue weighted by atomic mass is 9.94. The standard InChI is InChI=1S/C19H19N3O5S/c23-17-10-12(5-7-16(17)22-11-19(25)21-28(22,26)27)9-15-14-4-2-1-3-13(14)6-8-18(24)20-15/h1-5,7,10,15,23H,6,8-9,11H2,(H,20,24)(H,21,25). The van der Waals surface area contributed by atoms with Crippen LogP contribution in [0.1, 0.15) is 29.2 Å². The van der Waals surface area contributed by atoms with Crippen LogP contribution in [0.15, 0.2) is 42.5 Å². The first-order valence-corrected chi connectivity index (χ1v) is 10.3. The van der Waals surface area contributed by atoms with Gasteiger partial charge in [-0.2, -0.15) is 8.42 Å². The molecule has 4 rings (SSSR count). The van der Waals surface area contributed by atoms with Gasteiger partial charge in [-0.15, -0.1) is 0 Å². The lowest BCUT2D eigenvalue weighted by Crippen LogP contribution is -2.29. The van der Waals surface area contributed by atoms with Crippen LogP contribution < -0.4 is 14.3 Å². The molecule has 2 heterocycles. The first kappa shape index (κ1) is 18.3. The van der Waals surface area contributed by atoms with Crippen LogP contribution in [0.25, 0.3) is 0 Å². The lowest BCUT2D eigenvalue weighted by Gasteiger charge is -2.20. The Kier molecular flexibility index (Phi) is 4.46. The monoisotopic (exact) mass is 401 g/mol. The van der Waals surface area contributed by atoms with Crippen molar-refractivity contribution in [1.82, 2.24) is 10.0 Å². The molecule has 9 heteroatoms. The topological polar surface area (TPSA) is 116 Å². The van der Waals surface area contributed by atoms with E-state index in [0.717, 1.165) is 21.0 Å². The second-order valence-corrected chi connectivity index (χ2v) is 8.48. The number of aryl methyl sites for hydroxylation is 1. The fourth-order valence-corrected chi connectivity index (χ4v) is 4.82. The molecule has 0 saturated carbocycles. The van der Waals surface area contributed by atoms with E-state index in [2.05, 4.69) is 5.32 Å². The molecule has 146 valence electrons. The van der Waals surface area contributed by atoms with E-state index in [0.29, 0.717) is 19.3 Å². The molecule has 2 aliphatic heterocycles. The Labute approximate surface area is 162 Å². The smallest absolute Gasteiger partial charge is 0.326 e.